The van der Waals surface area contributed by atoms with Gasteiger partial charge < -0.3 is 9.47 Å². The van der Waals surface area contributed by atoms with Crippen LogP contribution in [-0.4, -0.2) is 22.6 Å². The second kappa shape index (κ2) is 4.37. The fraction of sp³-hybridized carbons (Fsp3) is 0.429. The molecule has 0 aliphatic carbocycles. The van der Waals surface area contributed by atoms with Crippen LogP contribution in [-0.2, 0) is 19.5 Å². The quantitative estimate of drug-likeness (QED) is 0.781. The van der Waals surface area contributed by atoms with Gasteiger partial charge in [0.2, 0.25) is 10.0 Å². The summed E-state index contributed by atoms with van der Waals surface area (Å²) in [6, 6.07) is 1.61. The van der Waals surface area contributed by atoms with Crippen LogP contribution >= 0.6 is 11.3 Å². The Labute approximate surface area is 86.5 Å². The molecule has 1 aromatic heterocycles. The number of hydrogen-bond donors (Lipinski definition) is 1. The lowest BCUT2D eigenvalue weighted by atomic mass is 10.3. The molecule has 0 atom stereocenters. The molecule has 2 N–H and O–H groups in total. The van der Waals surface area contributed by atoms with Crippen LogP contribution in [0, 0.1) is 0 Å². The van der Waals surface area contributed by atoms with E-state index in [9.17, 15) is 8.42 Å². The van der Waals surface area contributed by atoms with Crippen molar-refractivity contribution in [1.82, 2.24) is 0 Å². The third-order valence-electron chi connectivity index (χ3n) is 1.60. The van der Waals surface area contributed by atoms with E-state index in [1.807, 2.05) is 0 Å². The van der Waals surface area contributed by atoms with Crippen molar-refractivity contribution < 1.29 is 17.9 Å². The highest BCUT2D eigenvalue weighted by molar-refractivity contribution is 7.91. The van der Waals surface area contributed by atoms with Gasteiger partial charge in [0, 0.05) is 19.8 Å². The Kier molecular flexibility index (Phi) is 3.62. The summed E-state index contributed by atoms with van der Waals surface area (Å²) in [5.41, 5.74) is 0.433. The van der Waals surface area contributed by atoms with Gasteiger partial charge in [0.15, 0.2) is 6.29 Å². The molecule has 0 aliphatic heterocycles. The molecular weight excluding hydrogens is 226 g/mol. The van der Waals surface area contributed by atoms with Crippen LogP contribution in [0.25, 0.3) is 0 Å². The minimum atomic E-state index is -3.70. The Bertz CT molecular complexity index is 394. The van der Waals surface area contributed by atoms with E-state index in [-0.39, 0.29) is 4.21 Å². The zero-order valence-electron chi connectivity index (χ0n) is 7.76. The van der Waals surface area contributed by atoms with Gasteiger partial charge in [-0.25, -0.2) is 13.6 Å². The van der Waals surface area contributed by atoms with E-state index in [2.05, 4.69) is 0 Å². The number of ether oxygens (including phenoxy) is 2. The largest absolute Gasteiger partial charge is 0.352 e. The van der Waals surface area contributed by atoms with Gasteiger partial charge in [-0.1, -0.05) is 0 Å². The van der Waals surface area contributed by atoms with E-state index < -0.39 is 16.3 Å². The smallest absolute Gasteiger partial charge is 0.248 e. The molecule has 0 bridgehead atoms. The first-order valence-corrected chi connectivity index (χ1v) is 6.09. The van der Waals surface area contributed by atoms with Crippen molar-refractivity contribution >= 4 is 21.4 Å². The highest BCUT2D eigenvalue weighted by atomic mass is 32.2. The van der Waals surface area contributed by atoms with Gasteiger partial charge in [-0.3, -0.25) is 0 Å². The van der Waals surface area contributed by atoms with Crippen LogP contribution < -0.4 is 5.14 Å². The van der Waals surface area contributed by atoms with Gasteiger partial charge >= 0.3 is 0 Å². The molecule has 0 aliphatic rings. The molecule has 5 nitrogen and oxygen atoms in total. The zero-order valence-corrected chi connectivity index (χ0v) is 9.39. The molecular formula is C7H11NO4S2. The number of sulfonamides is 1. The summed E-state index contributed by atoms with van der Waals surface area (Å²) in [5.74, 6) is 0. The molecule has 0 saturated carbocycles. The predicted molar refractivity (Wildman–Crippen MR) is 52.5 cm³/mol. The average Bonchev–Trinajstić information content (AvgIpc) is 2.54. The minimum absolute atomic E-state index is 0.0752. The lowest BCUT2D eigenvalue weighted by molar-refractivity contribution is -0.107. The summed E-state index contributed by atoms with van der Waals surface area (Å²) in [7, 11) is -0.838. The van der Waals surface area contributed by atoms with Gasteiger partial charge in [0.25, 0.3) is 0 Å². The van der Waals surface area contributed by atoms with Crippen molar-refractivity contribution in [3.63, 3.8) is 0 Å². The Morgan fingerprint density at radius 3 is 2.43 bits per heavy atom. The SMILES string of the molecule is COC(OC)c1ccsc1S(N)(=O)=O. The number of nitrogens with two attached hydrogens (primary N) is 1. The van der Waals surface area contributed by atoms with E-state index >= 15 is 0 Å². The third kappa shape index (κ3) is 2.31. The maximum absolute atomic E-state index is 11.1. The van der Waals surface area contributed by atoms with Crippen molar-refractivity contribution in [3.05, 3.63) is 17.0 Å². The molecule has 0 fully saturated rings. The summed E-state index contributed by atoms with van der Waals surface area (Å²) in [5, 5.41) is 6.65. The molecule has 0 unspecified atom stereocenters. The van der Waals surface area contributed by atoms with Crippen LogP contribution in [0.5, 0.6) is 0 Å². The van der Waals surface area contributed by atoms with Crippen LogP contribution in [0.3, 0.4) is 0 Å². The molecule has 14 heavy (non-hydrogen) atoms. The van der Waals surface area contributed by atoms with Gasteiger partial charge in [-0.05, 0) is 11.4 Å². The number of methoxy groups -OCH3 is 2. The second-order valence-corrected chi connectivity index (χ2v) is 5.18. The Balaban J connectivity index is 3.16. The summed E-state index contributed by atoms with van der Waals surface area (Å²) >= 11 is 1.04. The van der Waals surface area contributed by atoms with Crippen LogP contribution in [0.1, 0.15) is 11.9 Å². The second-order valence-electron chi connectivity index (χ2n) is 2.51. The molecule has 1 aromatic rings. The Morgan fingerprint density at radius 1 is 1.43 bits per heavy atom. The molecule has 0 amide bonds. The molecule has 80 valence electrons. The monoisotopic (exact) mass is 237 g/mol. The van der Waals surface area contributed by atoms with Crippen molar-refractivity contribution in [2.45, 2.75) is 10.5 Å². The fourth-order valence-corrected chi connectivity index (χ4v) is 2.90. The number of thiophene rings is 1. The van der Waals surface area contributed by atoms with E-state index in [4.69, 9.17) is 14.6 Å². The van der Waals surface area contributed by atoms with Gasteiger partial charge in [0.05, 0.1) is 0 Å². The lowest BCUT2D eigenvalue weighted by Gasteiger charge is -2.12. The topological polar surface area (TPSA) is 78.6 Å². The van der Waals surface area contributed by atoms with Gasteiger partial charge in [-0.15, -0.1) is 11.3 Å². The number of primary sulfonamides is 1. The first-order chi connectivity index (χ1) is 6.50. The highest BCUT2D eigenvalue weighted by Gasteiger charge is 2.22. The predicted octanol–water partition coefficient (Wildman–Crippen LogP) is 0.687. The average molecular weight is 237 g/mol. The number of hydrogen-bond acceptors (Lipinski definition) is 5. The van der Waals surface area contributed by atoms with Crippen molar-refractivity contribution in [2.75, 3.05) is 14.2 Å². The van der Waals surface area contributed by atoms with Crippen molar-refractivity contribution in [3.8, 4) is 0 Å². The third-order valence-corrected chi connectivity index (χ3v) is 4.06. The molecule has 0 aromatic carbocycles. The van der Waals surface area contributed by atoms with Crippen LogP contribution in [0.4, 0.5) is 0 Å². The molecule has 1 rings (SSSR count). The summed E-state index contributed by atoms with van der Waals surface area (Å²) in [6.45, 7) is 0. The normalized spacial score (nSPS) is 12.3. The first-order valence-electron chi connectivity index (χ1n) is 3.66. The standard InChI is InChI=1S/C7H11NO4S2/c1-11-6(12-2)5-3-4-13-7(5)14(8,9)10/h3-4,6H,1-2H3,(H2,8,9,10). The fourth-order valence-electron chi connectivity index (χ4n) is 1.06. The van der Waals surface area contributed by atoms with E-state index in [0.29, 0.717) is 5.56 Å². The van der Waals surface area contributed by atoms with E-state index in [1.165, 1.54) is 14.2 Å². The van der Waals surface area contributed by atoms with Crippen molar-refractivity contribution in [2.24, 2.45) is 5.14 Å². The summed E-state index contributed by atoms with van der Waals surface area (Å²) in [4.78, 5) is 0. The maximum Gasteiger partial charge on any atom is 0.248 e. The molecule has 7 heteroatoms. The molecule has 1 heterocycles. The van der Waals surface area contributed by atoms with Gasteiger partial charge in [-0.2, -0.15) is 0 Å². The van der Waals surface area contributed by atoms with E-state index in [0.717, 1.165) is 11.3 Å². The first kappa shape index (κ1) is 11.6. The lowest BCUT2D eigenvalue weighted by Crippen LogP contribution is -2.15. The zero-order chi connectivity index (χ0) is 10.8. The Hall–Kier alpha value is -0.470. The van der Waals surface area contributed by atoms with E-state index in [1.54, 1.807) is 11.4 Å². The molecule has 0 spiro atoms. The molecule has 0 radical (unpaired) electrons. The molecule has 0 saturated heterocycles. The van der Waals surface area contributed by atoms with Crippen LogP contribution in [0.15, 0.2) is 15.7 Å². The highest BCUT2D eigenvalue weighted by Crippen LogP contribution is 2.29. The van der Waals surface area contributed by atoms with Crippen LogP contribution in [0.2, 0.25) is 0 Å². The Morgan fingerprint density at radius 2 is 2.00 bits per heavy atom. The summed E-state index contributed by atoms with van der Waals surface area (Å²) < 4.78 is 32.2. The van der Waals surface area contributed by atoms with Crippen molar-refractivity contribution in [1.29, 1.82) is 0 Å². The number of rotatable bonds is 4. The maximum atomic E-state index is 11.1. The van der Waals surface area contributed by atoms with Gasteiger partial charge in [0.1, 0.15) is 4.21 Å². The minimum Gasteiger partial charge on any atom is -0.352 e. The summed E-state index contributed by atoms with van der Waals surface area (Å²) in [6.07, 6.45) is -0.699.